The van der Waals surface area contributed by atoms with E-state index in [0.29, 0.717) is 6.04 Å². The molecule has 2 aromatic heterocycles. The van der Waals surface area contributed by atoms with E-state index in [0.717, 1.165) is 24.0 Å². The number of furan rings is 1. The van der Waals surface area contributed by atoms with Gasteiger partial charge in [-0.15, -0.1) is 0 Å². The number of nitrogens with one attached hydrogen (secondary N) is 1. The van der Waals surface area contributed by atoms with Crippen LogP contribution in [0.1, 0.15) is 49.6 Å². The molecule has 2 aromatic rings. The molecular weight excluding hydrogens is 306 g/mol. The number of nitrogens with zero attached hydrogens (tertiary/aromatic N) is 2. The fourth-order valence-corrected chi connectivity index (χ4v) is 4.22. The van der Waals surface area contributed by atoms with Crippen molar-refractivity contribution < 1.29 is 4.42 Å². The zero-order valence-corrected chi connectivity index (χ0v) is 14.1. The second-order valence-electron chi connectivity index (χ2n) is 6.52. The molecule has 1 N–H and O–H groups in total. The molecular formula is C18H23N3OS. The standard InChI is InChI=1S/C18H23N3OS/c23-18(19-14-6-2-1-3-7-14)21-12-11-20-10-4-8-15(20)17(21)16-9-5-13-22-16/h4-5,8-10,13-14,17H,1-3,6-7,11-12H2,(H,19,23). The molecule has 2 aliphatic rings. The molecule has 1 atom stereocenters. The summed E-state index contributed by atoms with van der Waals surface area (Å²) in [6.45, 7) is 1.87. The van der Waals surface area contributed by atoms with Crippen LogP contribution >= 0.6 is 12.2 Å². The molecule has 0 amide bonds. The summed E-state index contributed by atoms with van der Waals surface area (Å²) in [4.78, 5) is 2.29. The highest BCUT2D eigenvalue weighted by Gasteiger charge is 2.33. The van der Waals surface area contributed by atoms with Crippen molar-refractivity contribution in [3.63, 3.8) is 0 Å². The van der Waals surface area contributed by atoms with Crippen LogP contribution in [0.15, 0.2) is 41.1 Å². The summed E-state index contributed by atoms with van der Waals surface area (Å²) in [5, 5.41) is 4.48. The van der Waals surface area contributed by atoms with Gasteiger partial charge in [-0.3, -0.25) is 0 Å². The van der Waals surface area contributed by atoms with Gasteiger partial charge in [0.15, 0.2) is 5.11 Å². The van der Waals surface area contributed by atoms with E-state index in [1.807, 2.05) is 12.1 Å². The van der Waals surface area contributed by atoms with Gasteiger partial charge in [-0.25, -0.2) is 0 Å². The third-order valence-electron chi connectivity index (χ3n) is 5.04. The van der Waals surface area contributed by atoms with Crippen LogP contribution in [0.4, 0.5) is 0 Å². The van der Waals surface area contributed by atoms with Gasteiger partial charge in [0.2, 0.25) is 0 Å². The van der Waals surface area contributed by atoms with Crippen LogP contribution in [0.2, 0.25) is 0 Å². The molecule has 0 saturated heterocycles. The largest absolute Gasteiger partial charge is 0.467 e. The smallest absolute Gasteiger partial charge is 0.170 e. The lowest BCUT2D eigenvalue weighted by Crippen LogP contribution is -2.50. The fraction of sp³-hybridized carbons (Fsp3) is 0.500. The minimum Gasteiger partial charge on any atom is -0.467 e. The van der Waals surface area contributed by atoms with Crippen LogP contribution in [0, 0.1) is 0 Å². The van der Waals surface area contributed by atoms with Crippen LogP contribution in [-0.2, 0) is 6.54 Å². The van der Waals surface area contributed by atoms with E-state index in [1.165, 1.54) is 37.8 Å². The molecule has 1 aliphatic heterocycles. The van der Waals surface area contributed by atoms with Gasteiger partial charge in [-0.05, 0) is 49.3 Å². The monoisotopic (exact) mass is 329 g/mol. The van der Waals surface area contributed by atoms with Gasteiger partial charge in [0, 0.05) is 31.0 Å². The number of thiocarbonyl (C=S) groups is 1. The van der Waals surface area contributed by atoms with Gasteiger partial charge in [-0.1, -0.05) is 19.3 Å². The zero-order chi connectivity index (χ0) is 15.6. The third-order valence-corrected chi connectivity index (χ3v) is 5.40. The molecule has 0 bridgehead atoms. The first kappa shape index (κ1) is 14.8. The molecule has 4 nitrogen and oxygen atoms in total. The summed E-state index contributed by atoms with van der Waals surface area (Å²) < 4.78 is 8.03. The molecule has 1 fully saturated rings. The average molecular weight is 329 g/mol. The molecule has 0 radical (unpaired) electrons. The summed E-state index contributed by atoms with van der Waals surface area (Å²) in [6.07, 6.45) is 10.3. The predicted molar refractivity (Wildman–Crippen MR) is 94.3 cm³/mol. The van der Waals surface area contributed by atoms with E-state index >= 15 is 0 Å². The Morgan fingerprint density at radius 2 is 2.00 bits per heavy atom. The molecule has 0 aromatic carbocycles. The first-order chi connectivity index (χ1) is 11.3. The Labute approximate surface area is 142 Å². The van der Waals surface area contributed by atoms with Crippen LogP contribution in [0.25, 0.3) is 0 Å². The minimum absolute atomic E-state index is 0.0670. The Morgan fingerprint density at radius 3 is 2.78 bits per heavy atom. The molecule has 1 saturated carbocycles. The highest BCUT2D eigenvalue weighted by atomic mass is 32.1. The maximum Gasteiger partial charge on any atom is 0.170 e. The number of hydrogen-bond donors (Lipinski definition) is 1. The van der Waals surface area contributed by atoms with Crippen LogP contribution < -0.4 is 5.32 Å². The summed E-state index contributed by atoms with van der Waals surface area (Å²) in [7, 11) is 0. The number of aromatic nitrogens is 1. The van der Waals surface area contributed by atoms with E-state index < -0.39 is 0 Å². The molecule has 1 unspecified atom stereocenters. The summed E-state index contributed by atoms with van der Waals surface area (Å²) in [6, 6.07) is 8.87. The molecule has 23 heavy (non-hydrogen) atoms. The highest BCUT2D eigenvalue weighted by Crippen LogP contribution is 2.33. The Bertz CT molecular complexity index is 658. The van der Waals surface area contributed by atoms with Gasteiger partial charge in [0.05, 0.1) is 6.26 Å². The molecule has 4 rings (SSSR count). The van der Waals surface area contributed by atoms with E-state index in [2.05, 4.69) is 33.1 Å². The van der Waals surface area contributed by atoms with Crippen LogP contribution in [0.5, 0.6) is 0 Å². The second-order valence-corrected chi connectivity index (χ2v) is 6.91. The lowest BCUT2D eigenvalue weighted by Gasteiger charge is -2.39. The highest BCUT2D eigenvalue weighted by molar-refractivity contribution is 7.80. The van der Waals surface area contributed by atoms with E-state index in [4.69, 9.17) is 16.6 Å². The number of hydrogen-bond acceptors (Lipinski definition) is 2. The van der Waals surface area contributed by atoms with E-state index in [9.17, 15) is 0 Å². The van der Waals surface area contributed by atoms with Gasteiger partial charge < -0.3 is 19.2 Å². The van der Waals surface area contributed by atoms with Crippen molar-refractivity contribution in [3.05, 3.63) is 48.2 Å². The number of fused-ring (bicyclic) bond motifs is 1. The van der Waals surface area contributed by atoms with Crippen molar-refractivity contribution in [3.8, 4) is 0 Å². The quantitative estimate of drug-likeness (QED) is 0.852. The van der Waals surface area contributed by atoms with Crippen molar-refractivity contribution in [2.24, 2.45) is 0 Å². The van der Waals surface area contributed by atoms with E-state index in [-0.39, 0.29) is 6.04 Å². The Kier molecular flexibility index (Phi) is 4.12. The molecule has 122 valence electrons. The Balaban J connectivity index is 1.58. The van der Waals surface area contributed by atoms with Crippen molar-refractivity contribution in [1.82, 2.24) is 14.8 Å². The topological polar surface area (TPSA) is 33.3 Å². The third kappa shape index (κ3) is 2.90. The summed E-state index contributed by atoms with van der Waals surface area (Å²) >= 11 is 5.77. The summed E-state index contributed by atoms with van der Waals surface area (Å²) in [5.41, 5.74) is 1.25. The first-order valence-electron chi connectivity index (χ1n) is 8.58. The average Bonchev–Trinajstić information content (AvgIpc) is 3.26. The SMILES string of the molecule is S=C(NC1CCCCC1)N1CCn2cccc2C1c1ccco1. The maximum absolute atomic E-state index is 5.77. The van der Waals surface area contributed by atoms with Crippen LogP contribution in [0.3, 0.4) is 0 Å². The van der Waals surface area contributed by atoms with E-state index in [1.54, 1.807) is 6.26 Å². The lowest BCUT2D eigenvalue weighted by molar-refractivity contribution is 0.250. The molecule has 0 spiro atoms. The predicted octanol–water partition coefficient (Wildman–Crippen LogP) is 3.69. The maximum atomic E-state index is 5.77. The number of rotatable bonds is 2. The van der Waals surface area contributed by atoms with Crippen LogP contribution in [-0.4, -0.2) is 27.2 Å². The first-order valence-corrected chi connectivity index (χ1v) is 8.99. The van der Waals surface area contributed by atoms with Crippen molar-refractivity contribution in [2.45, 2.75) is 50.7 Å². The lowest BCUT2D eigenvalue weighted by atomic mass is 9.96. The molecule has 5 heteroatoms. The Morgan fingerprint density at radius 1 is 1.13 bits per heavy atom. The second kappa shape index (κ2) is 6.40. The summed E-state index contributed by atoms with van der Waals surface area (Å²) in [5.74, 6) is 0.956. The van der Waals surface area contributed by atoms with Gasteiger partial charge in [0.25, 0.3) is 0 Å². The van der Waals surface area contributed by atoms with Gasteiger partial charge in [-0.2, -0.15) is 0 Å². The van der Waals surface area contributed by atoms with Crippen molar-refractivity contribution >= 4 is 17.3 Å². The zero-order valence-electron chi connectivity index (χ0n) is 13.3. The Hall–Kier alpha value is -1.75. The molecule has 3 heterocycles. The molecule has 1 aliphatic carbocycles. The normalized spacial score (nSPS) is 21.9. The fourth-order valence-electron chi connectivity index (χ4n) is 3.85. The minimum atomic E-state index is 0.0670. The van der Waals surface area contributed by atoms with Crippen molar-refractivity contribution in [1.29, 1.82) is 0 Å². The van der Waals surface area contributed by atoms with Gasteiger partial charge in [0.1, 0.15) is 11.8 Å². The van der Waals surface area contributed by atoms with Crippen molar-refractivity contribution in [2.75, 3.05) is 6.54 Å². The van der Waals surface area contributed by atoms with Gasteiger partial charge >= 0.3 is 0 Å².